The number of hydrogen-bond acceptors (Lipinski definition) is 12. The van der Waals surface area contributed by atoms with Crippen molar-refractivity contribution in [2.45, 2.75) is 84.0 Å². The van der Waals surface area contributed by atoms with Crippen molar-refractivity contribution in [1.82, 2.24) is 19.6 Å². The molecule has 0 spiro atoms. The smallest absolute Gasteiger partial charge is 0.741 e. The van der Waals surface area contributed by atoms with Crippen LogP contribution in [-0.2, 0) is 84.7 Å². The van der Waals surface area contributed by atoms with Gasteiger partial charge in [-0.2, -0.15) is 30.6 Å². The van der Waals surface area contributed by atoms with E-state index in [1.54, 1.807) is 6.21 Å². The van der Waals surface area contributed by atoms with Gasteiger partial charge in [-0.3, -0.25) is 0 Å². The second kappa shape index (κ2) is 28.4. The second-order valence-corrected chi connectivity index (χ2v) is 15.8. The van der Waals surface area contributed by atoms with Gasteiger partial charge >= 0.3 is 34.1 Å². The van der Waals surface area contributed by atoms with Crippen molar-refractivity contribution in [3.05, 3.63) is 71.8 Å². The van der Waals surface area contributed by atoms with Crippen molar-refractivity contribution in [2.75, 3.05) is 52.4 Å². The summed E-state index contributed by atoms with van der Waals surface area (Å²) < 4.78 is 0. The van der Waals surface area contributed by atoms with Crippen LogP contribution in [0.25, 0.3) is 0 Å². The van der Waals surface area contributed by atoms with E-state index in [0.29, 0.717) is 37.8 Å². The summed E-state index contributed by atoms with van der Waals surface area (Å²) in [5.41, 5.74) is 3.79. The summed E-state index contributed by atoms with van der Waals surface area (Å²) in [6.45, 7) is 9.50. The molecular weight excluding hydrogens is 916 g/mol. The van der Waals surface area contributed by atoms with E-state index in [1.165, 1.54) is 25.7 Å². The van der Waals surface area contributed by atoms with Crippen LogP contribution in [-0.4, -0.2) is 116 Å². The molecule has 0 atom stereocenters. The van der Waals surface area contributed by atoms with E-state index in [9.17, 15) is 0 Å². The maximum absolute atomic E-state index is 5.48. The standard InChI is InChI=1S/C21H30N6S2.C20H28N6S2.2Cu/c1-17(22-24-20(28)26-13-7-3-8-14-26)19(18-11-5-2-6-12-18)23-25-21(29)27-15-9-4-10-16-27;27-19(25-12-6-2-7-13-25)23-21-16-18(17-10-4-1-5-11-17)22-24-20(28)26-14-8-3-9-15-26;;/h2,5-6,11-12H,3-4,7-10,13-16H2,1H3,(H,24,28)(H,25,29);1,4-5,10-11,16H,2-3,6-9,12-15H2,(H,23,27)(H,24,28);;/q;;2*+2/p-4. The molecule has 0 amide bonds. The van der Waals surface area contributed by atoms with Gasteiger partial charge in [0, 0.05) is 84.2 Å². The fourth-order valence-corrected chi connectivity index (χ4v) is 7.68. The summed E-state index contributed by atoms with van der Waals surface area (Å²) in [5.74, 6) is 0. The van der Waals surface area contributed by atoms with Crippen LogP contribution in [0.3, 0.4) is 0 Å². The number of piperidine rings is 4. The van der Waals surface area contributed by atoms with Gasteiger partial charge in [-0.25, -0.2) is 0 Å². The van der Waals surface area contributed by atoms with E-state index in [0.717, 1.165) is 115 Å². The fourth-order valence-electron chi connectivity index (χ4n) is 6.78. The van der Waals surface area contributed by atoms with Gasteiger partial charge in [0.15, 0.2) is 0 Å². The van der Waals surface area contributed by atoms with Gasteiger partial charge in [0.05, 0.1) is 11.9 Å². The second-order valence-electron chi connectivity index (χ2n) is 14.3. The van der Waals surface area contributed by atoms with E-state index in [1.807, 2.05) is 67.6 Å². The Balaban J connectivity index is 0.000000305. The number of likely N-dealkylation sites (tertiary alicyclic amines) is 4. The summed E-state index contributed by atoms with van der Waals surface area (Å²) in [7, 11) is 0. The van der Waals surface area contributed by atoms with Crippen molar-refractivity contribution in [3.63, 3.8) is 0 Å². The normalized spacial score (nSPS) is 19.4. The molecular formula is C41H54Cu2N12S4. The first-order valence-electron chi connectivity index (χ1n) is 20.2. The van der Waals surface area contributed by atoms with Gasteiger partial charge in [0.2, 0.25) is 0 Å². The van der Waals surface area contributed by atoms with E-state index >= 15 is 0 Å². The molecule has 0 N–H and O–H groups in total. The van der Waals surface area contributed by atoms with E-state index in [-0.39, 0.29) is 34.1 Å². The molecule has 0 bridgehead atoms. The molecule has 2 aromatic rings. The zero-order valence-corrected chi connectivity index (χ0v) is 38.7. The molecule has 18 heteroatoms. The number of hydrogen-bond donors (Lipinski definition) is 0. The van der Waals surface area contributed by atoms with Crippen LogP contribution in [0.4, 0.5) is 0 Å². The van der Waals surface area contributed by atoms with Gasteiger partial charge in [-0.1, -0.05) is 60.7 Å². The van der Waals surface area contributed by atoms with Crippen molar-refractivity contribution in [2.24, 2.45) is 40.8 Å². The molecule has 0 aliphatic carbocycles. The molecule has 4 aliphatic heterocycles. The predicted molar refractivity (Wildman–Crippen MR) is 248 cm³/mol. The third-order valence-corrected chi connectivity index (χ3v) is 11.4. The summed E-state index contributed by atoms with van der Waals surface area (Å²) >= 11 is 21.8. The Kier molecular flexibility index (Phi) is 24.2. The van der Waals surface area contributed by atoms with Crippen molar-refractivity contribution in [1.29, 1.82) is 0 Å². The molecule has 12 nitrogen and oxygen atoms in total. The van der Waals surface area contributed by atoms with Crippen LogP contribution in [0.2, 0.25) is 0 Å². The molecule has 4 heterocycles. The first-order valence-corrected chi connectivity index (χ1v) is 21.9. The van der Waals surface area contributed by atoms with Crippen molar-refractivity contribution in [3.8, 4) is 0 Å². The monoisotopic (exact) mass is 968 g/mol. The van der Waals surface area contributed by atoms with Crippen molar-refractivity contribution < 1.29 is 34.1 Å². The van der Waals surface area contributed by atoms with E-state index in [4.69, 9.17) is 50.5 Å². The predicted octanol–water partition coefficient (Wildman–Crippen LogP) is 6.69. The first-order chi connectivity index (χ1) is 27.9. The zero-order chi connectivity index (χ0) is 40.1. The summed E-state index contributed by atoms with van der Waals surface area (Å²) in [4.78, 5) is 8.45. The number of amidine groups is 4. The topological polar surface area (TPSA) is 112 Å². The maximum Gasteiger partial charge on any atom is 2.00 e. The summed E-state index contributed by atoms with van der Waals surface area (Å²) in [5, 5.41) is 36.6. The minimum absolute atomic E-state index is 0. The van der Waals surface area contributed by atoms with Gasteiger partial charge in [-0.15, -0.1) is 10.2 Å². The Labute approximate surface area is 394 Å². The van der Waals surface area contributed by atoms with Crippen LogP contribution in [0, 0.1) is 0 Å². The SMILES string of the molecule is CC(=NN=C([S-])N1CCCCC1)C(=NN=C([S-])N1CCCCC1)c1ccccc1.[Cu+2].[Cu+2].[S-]C(=NN=CC(=NN=C([S-])N1CCCCC1)c1ccccc1)N1CCCCC1. The van der Waals surface area contributed by atoms with Crippen LogP contribution in [0.5, 0.6) is 0 Å². The van der Waals surface area contributed by atoms with Gasteiger partial charge in [0.1, 0.15) is 11.4 Å². The van der Waals surface area contributed by atoms with Gasteiger partial charge < -0.3 is 70.1 Å². The Morgan fingerprint density at radius 3 is 1.17 bits per heavy atom. The average Bonchev–Trinajstić information content (AvgIpc) is 3.28. The van der Waals surface area contributed by atoms with Gasteiger partial charge in [0.25, 0.3) is 0 Å². The quantitative estimate of drug-likeness (QED) is 0.0947. The largest absolute Gasteiger partial charge is 2.00 e. The average molecular weight is 970 g/mol. The third-order valence-electron chi connectivity index (χ3n) is 10.1. The molecule has 0 unspecified atom stereocenters. The molecule has 2 radical (unpaired) electrons. The Hall–Kier alpha value is -3.08. The molecule has 59 heavy (non-hydrogen) atoms. The third kappa shape index (κ3) is 17.4. The molecule has 2 aromatic carbocycles. The van der Waals surface area contributed by atoms with Crippen LogP contribution in [0.15, 0.2) is 101 Å². The Morgan fingerprint density at radius 1 is 0.424 bits per heavy atom. The number of benzene rings is 2. The Bertz CT molecular complexity index is 1780. The summed E-state index contributed by atoms with van der Waals surface area (Å²) in [6.07, 6.45) is 15.8. The van der Waals surface area contributed by atoms with Gasteiger partial charge in [-0.05, 0) is 84.0 Å². The van der Waals surface area contributed by atoms with Crippen LogP contribution < -0.4 is 0 Å². The number of nitrogens with zero attached hydrogens (tertiary/aromatic N) is 12. The first kappa shape index (κ1) is 50.3. The minimum atomic E-state index is 0. The molecule has 324 valence electrons. The maximum atomic E-state index is 5.48. The fraction of sp³-hybridized carbons (Fsp3) is 0.512. The molecule has 4 saturated heterocycles. The molecule has 6 rings (SSSR count). The molecule has 4 fully saturated rings. The molecule has 4 aliphatic rings. The van der Waals surface area contributed by atoms with Crippen molar-refractivity contribution >= 4 is 94.5 Å². The zero-order valence-electron chi connectivity index (χ0n) is 33.6. The van der Waals surface area contributed by atoms with Crippen LogP contribution >= 0.6 is 0 Å². The van der Waals surface area contributed by atoms with E-state index < -0.39 is 0 Å². The molecule has 0 saturated carbocycles. The summed E-state index contributed by atoms with van der Waals surface area (Å²) in [6, 6.07) is 19.7. The molecule has 0 aromatic heterocycles. The minimum Gasteiger partial charge on any atom is -0.741 e. The number of rotatable bonds is 8. The van der Waals surface area contributed by atoms with Crippen LogP contribution in [0.1, 0.15) is 95.1 Å². The Morgan fingerprint density at radius 2 is 0.763 bits per heavy atom. The van der Waals surface area contributed by atoms with E-state index in [2.05, 4.69) is 60.4 Å².